The largest absolute Gasteiger partial charge is 0.463 e. The van der Waals surface area contributed by atoms with E-state index in [0.29, 0.717) is 30.8 Å². The summed E-state index contributed by atoms with van der Waals surface area (Å²) < 4.78 is 53.6. The molecule has 0 unspecified atom stereocenters. The molecule has 28 atom stereocenters. The predicted octanol–water partition coefficient (Wildman–Crippen LogP) is -2.98. The van der Waals surface area contributed by atoms with Gasteiger partial charge in [-0.15, -0.1) is 0 Å². The number of ketones is 1. The van der Waals surface area contributed by atoms with Crippen LogP contribution in [0.15, 0.2) is 11.6 Å². The molecule has 0 aromatic heterocycles. The standard InChI is InChI=1S/C52H84O24/c1-21(2)7-6-8-23(16-53)27-15-28(57)34-24-9-10-26-35(59)30(12-14-51(26,4)25(24)11-13-52(27,34)5)70-49-43(67)45(44(33(73-49)20-68-22(3)56)74-47-41(65)39(63)37(61)31(17-54)71-47)75-50-46(36(60)29(58)19-69-50)76-48-42(66)40(64)38(62)32(18-55)72-48/h10,21,23-25,27,29-50,53-55,58-67H,6-9,11-20H2,1-5H3/t23-,24+,25-,27+,29+,30-,31+,32+,33+,34+,35+,36+,37-,38-,39-,40-,41+,42+,43+,44+,45+,46-,47-,48+,49+,50-,51+,52+/m0/s1. The molecule has 436 valence electrons. The molecule has 0 radical (unpaired) electrons. The molecule has 4 heterocycles. The normalized spacial score (nSPS) is 49.1. The van der Waals surface area contributed by atoms with Crippen LogP contribution in [0.25, 0.3) is 0 Å². The number of Topliss-reactive ketones (excluding diaryl/α,β-unsaturated/α-hetero) is 1. The third-order valence-corrected chi connectivity index (χ3v) is 18.5. The van der Waals surface area contributed by atoms with Crippen LogP contribution < -0.4 is 0 Å². The molecule has 4 saturated heterocycles. The molecule has 0 aromatic rings. The molecular weight excluding hydrogens is 1010 g/mol. The number of ether oxygens (including phenoxy) is 9. The maximum atomic E-state index is 14.2. The molecular formula is C52H84O24. The minimum absolute atomic E-state index is 0.0175. The van der Waals surface area contributed by atoms with Gasteiger partial charge in [-0.2, -0.15) is 0 Å². The summed E-state index contributed by atoms with van der Waals surface area (Å²) in [4.78, 5) is 26.6. The summed E-state index contributed by atoms with van der Waals surface area (Å²) in [5, 5.41) is 142. The maximum Gasteiger partial charge on any atom is 0.302 e. The summed E-state index contributed by atoms with van der Waals surface area (Å²) in [6.45, 7) is 6.88. The molecule has 4 aliphatic heterocycles. The van der Waals surface area contributed by atoms with E-state index in [1.807, 2.05) is 6.08 Å². The Balaban J connectivity index is 1.07. The summed E-state index contributed by atoms with van der Waals surface area (Å²) in [6.07, 6.45) is -28.5. The van der Waals surface area contributed by atoms with Crippen molar-refractivity contribution in [1.29, 1.82) is 0 Å². The first kappa shape index (κ1) is 60.1. The van der Waals surface area contributed by atoms with Crippen LogP contribution in [0.5, 0.6) is 0 Å². The molecule has 4 aliphatic carbocycles. The molecule has 13 N–H and O–H groups in total. The highest BCUT2D eigenvalue weighted by atomic mass is 16.8. The molecule has 3 saturated carbocycles. The molecule has 7 fully saturated rings. The zero-order valence-corrected chi connectivity index (χ0v) is 43.9. The van der Waals surface area contributed by atoms with Crippen LogP contribution in [0.2, 0.25) is 0 Å². The van der Waals surface area contributed by atoms with Gasteiger partial charge < -0.3 is 109 Å². The average Bonchev–Trinajstić information content (AvgIpc) is 3.66. The highest BCUT2D eigenvalue weighted by Crippen LogP contribution is 2.66. The first-order chi connectivity index (χ1) is 36.0. The molecule has 76 heavy (non-hydrogen) atoms. The van der Waals surface area contributed by atoms with Gasteiger partial charge in [-0.25, -0.2) is 0 Å². The number of carbonyl (C=O) groups is 2. The topological polar surface area (TPSA) is 380 Å². The van der Waals surface area contributed by atoms with E-state index < -0.39 is 167 Å². The average molecular weight is 1090 g/mol. The van der Waals surface area contributed by atoms with Crippen LogP contribution >= 0.6 is 0 Å². The van der Waals surface area contributed by atoms with Crippen molar-refractivity contribution in [1.82, 2.24) is 0 Å². The molecule has 24 nitrogen and oxygen atoms in total. The molecule has 24 heteroatoms. The SMILES string of the molecule is CC(=O)OC[C@H]1O[C@@H](O[C@H]2CC[C@@]3(C)C(=CC[C@H]4[C@@H]5C(=O)C[C@H]([C@H](CO)CCCC(C)C)[C@@]5(C)CC[C@@H]43)[C@H]2O)[C@H](O)[C@@H](O[C@@H]2OC[C@@H](O)[C@@H](O)[C@@H]2O[C@H]2O[C@H](CO)[C@H](O)[C@H](O)[C@H]2O)[C@@H]1O[C@@H]1O[C@H](CO)[C@H](O)[C@H](O)[C@H]1O. The van der Waals surface area contributed by atoms with Gasteiger partial charge in [0.1, 0.15) is 110 Å². The number of allylic oxidation sites excluding steroid dienone is 1. The number of rotatable bonds is 18. The first-order valence-corrected chi connectivity index (χ1v) is 27.2. The van der Waals surface area contributed by atoms with Crippen molar-refractivity contribution in [2.24, 2.45) is 46.3 Å². The monoisotopic (exact) mass is 1090 g/mol. The zero-order chi connectivity index (χ0) is 55.3. The summed E-state index contributed by atoms with van der Waals surface area (Å²) in [7, 11) is 0. The van der Waals surface area contributed by atoms with Crippen LogP contribution in [0.1, 0.15) is 92.4 Å². The van der Waals surface area contributed by atoms with E-state index in [-0.39, 0.29) is 53.8 Å². The molecule has 0 spiro atoms. The Labute approximate surface area is 441 Å². The van der Waals surface area contributed by atoms with E-state index in [4.69, 9.17) is 42.6 Å². The van der Waals surface area contributed by atoms with Crippen molar-refractivity contribution in [3.8, 4) is 0 Å². The van der Waals surface area contributed by atoms with Gasteiger partial charge in [-0.3, -0.25) is 9.59 Å². The van der Waals surface area contributed by atoms with Gasteiger partial charge in [-0.1, -0.05) is 46.6 Å². The molecule has 0 amide bonds. The Morgan fingerprint density at radius 3 is 1.88 bits per heavy atom. The second-order valence-corrected chi connectivity index (χ2v) is 23.6. The predicted molar refractivity (Wildman–Crippen MR) is 256 cm³/mol. The summed E-state index contributed by atoms with van der Waals surface area (Å²) in [5.74, 6) is -0.0674. The Morgan fingerprint density at radius 2 is 1.29 bits per heavy atom. The van der Waals surface area contributed by atoms with E-state index >= 15 is 0 Å². The van der Waals surface area contributed by atoms with Crippen molar-refractivity contribution in [3.63, 3.8) is 0 Å². The van der Waals surface area contributed by atoms with E-state index in [9.17, 15) is 76.0 Å². The molecule has 8 aliphatic rings. The highest BCUT2D eigenvalue weighted by Gasteiger charge is 2.64. The van der Waals surface area contributed by atoms with E-state index in [1.165, 1.54) is 0 Å². The van der Waals surface area contributed by atoms with Gasteiger partial charge in [0.05, 0.1) is 25.9 Å². The lowest BCUT2D eigenvalue weighted by Crippen LogP contribution is -2.68. The van der Waals surface area contributed by atoms with Gasteiger partial charge in [0.2, 0.25) is 0 Å². The summed E-state index contributed by atoms with van der Waals surface area (Å²) in [5.41, 5.74) is -0.112. The summed E-state index contributed by atoms with van der Waals surface area (Å²) >= 11 is 0. The van der Waals surface area contributed by atoms with Crippen LogP contribution in [0.4, 0.5) is 0 Å². The Kier molecular flexibility index (Phi) is 19.5. The van der Waals surface area contributed by atoms with Gasteiger partial charge in [0.25, 0.3) is 0 Å². The minimum atomic E-state index is -2.01. The molecule has 8 rings (SSSR count). The zero-order valence-electron chi connectivity index (χ0n) is 43.9. The smallest absolute Gasteiger partial charge is 0.302 e. The van der Waals surface area contributed by atoms with Crippen LogP contribution in [-0.4, -0.2) is 240 Å². The van der Waals surface area contributed by atoms with Gasteiger partial charge >= 0.3 is 5.97 Å². The van der Waals surface area contributed by atoms with Crippen molar-refractivity contribution in [2.75, 3.05) is 33.0 Å². The van der Waals surface area contributed by atoms with E-state index in [0.717, 1.165) is 39.0 Å². The van der Waals surface area contributed by atoms with Gasteiger partial charge in [0.15, 0.2) is 25.2 Å². The third kappa shape index (κ3) is 11.6. The number of aliphatic hydroxyl groups excluding tert-OH is 13. The fourth-order valence-electron chi connectivity index (χ4n) is 14.3. The number of aliphatic hydroxyl groups is 13. The Morgan fingerprint density at radius 1 is 0.697 bits per heavy atom. The number of fused-ring (bicyclic) bond motifs is 5. The lowest BCUT2D eigenvalue weighted by Gasteiger charge is -2.59. The fraction of sp³-hybridized carbons (Fsp3) is 0.923. The van der Waals surface area contributed by atoms with Crippen LogP contribution in [0, 0.1) is 46.3 Å². The lowest BCUT2D eigenvalue weighted by molar-refractivity contribution is -0.397. The number of hydrogen-bond donors (Lipinski definition) is 13. The highest BCUT2D eigenvalue weighted by molar-refractivity contribution is 5.85. The second-order valence-electron chi connectivity index (χ2n) is 23.6. The van der Waals surface area contributed by atoms with Crippen LogP contribution in [-0.2, 0) is 52.2 Å². The Bertz CT molecular complexity index is 1980. The number of hydrogen-bond acceptors (Lipinski definition) is 24. The fourth-order valence-corrected chi connectivity index (χ4v) is 14.3. The molecule has 0 bridgehead atoms. The summed E-state index contributed by atoms with van der Waals surface area (Å²) in [6, 6.07) is 0. The van der Waals surface area contributed by atoms with Crippen molar-refractivity contribution >= 4 is 11.8 Å². The first-order valence-electron chi connectivity index (χ1n) is 27.2. The number of esters is 1. The second kappa shape index (κ2) is 24.6. The minimum Gasteiger partial charge on any atom is -0.463 e. The van der Waals surface area contributed by atoms with E-state index in [1.54, 1.807) is 0 Å². The van der Waals surface area contributed by atoms with E-state index in [2.05, 4.69) is 27.7 Å². The van der Waals surface area contributed by atoms with Crippen molar-refractivity contribution < 1.29 is 119 Å². The Hall–Kier alpha value is -1.96. The van der Waals surface area contributed by atoms with Gasteiger partial charge in [-0.05, 0) is 84.5 Å². The molecule has 0 aromatic carbocycles. The van der Waals surface area contributed by atoms with Crippen LogP contribution in [0.3, 0.4) is 0 Å². The quantitative estimate of drug-likeness (QED) is 0.0481. The lowest BCUT2D eigenvalue weighted by atomic mass is 9.46. The van der Waals surface area contributed by atoms with Gasteiger partial charge in [0, 0.05) is 25.9 Å². The van der Waals surface area contributed by atoms with Crippen molar-refractivity contribution in [2.45, 2.75) is 221 Å². The number of carbonyl (C=O) groups excluding carboxylic acids is 2. The van der Waals surface area contributed by atoms with Crippen molar-refractivity contribution in [3.05, 3.63) is 11.6 Å². The third-order valence-electron chi connectivity index (χ3n) is 18.5. The maximum absolute atomic E-state index is 14.2.